The standard InChI is InChI=1S/C23H20N2O3S/c1-14-15(2)29-22-19(14)21(26)24-18(25-22)13-28-23(27)20(16-9-5-3-6-10-16)17-11-7-4-8-12-17/h3-12,20H,13H2,1-2H3,(H,24,25,26). The highest BCUT2D eigenvalue weighted by Gasteiger charge is 2.24. The van der Waals surface area contributed by atoms with Gasteiger partial charge in [0.05, 0.1) is 5.39 Å². The van der Waals surface area contributed by atoms with Crippen molar-refractivity contribution in [1.29, 1.82) is 0 Å². The summed E-state index contributed by atoms with van der Waals surface area (Å²) in [6, 6.07) is 19.0. The van der Waals surface area contributed by atoms with Gasteiger partial charge in [0, 0.05) is 4.88 Å². The van der Waals surface area contributed by atoms with E-state index in [9.17, 15) is 9.59 Å². The molecule has 0 atom stereocenters. The summed E-state index contributed by atoms with van der Waals surface area (Å²) in [6.45, 7) is 3.79. The summed E-state index contributed by atoms with van der Waals surface area (Å²) >= 11 is 1.47. The second-order valence-corrected chi connectivity index (χ2v) is 8.04. The van der Waals surface area contributed by atoms with Gasteiger partial charge in [-0.15, -0.1) is 11.3 Å². The summed E-state index contributed by atoms with van der Waals surface area (Å²) in [5, 5.41) is 0.606. The number of hydrogen-bond donors (Lipinski definition) is 1. The van der Waals surface area contributed by atoms with Gasteiger partial charge in [-0.3, -0.25) is 9.59 Å². The summed E-state index contributed by atoms with van der Waals surface area (Å²) in [5.41, 5.74) is 2.44. The van der Waals surface area contributed by atoms with Gasteiger partial charge >= 0.3 is 5.97 Å². The number of benzene rings is 2. The molecule has 0 fully saturated rings. The van der Waals surface area contributed by atoms with Gasteiger partial charge in [0.25, 0.3) is 5.56 Å². The fraction of sp³-hybridized carbons (Fsp3) is 0.174. The van der Waals surface area contributed by atoms with Crippen molar-refractivity contribution < 1.29 is 9.53 Å². The van der Waals surface area contributed by atoms with Crippen LogP contribution in [0.25, 0.3) is 10.2 Å². The van der Waals surface area contributed by atoms with Crippen molar-refractivity contribution in [2.24, 2.45) is 0 Å². The number of thiophene rings is 1. The largest absolute Gasteiger partial charge is 0.457 e. The molecule has 0 radical (unpaired) electrons. The Morgan fingerprint density at radius 2 is 1.62 bits per heavy atom. The summed E-state index contributed by atoms with van der Waals surface area (Å²) in [4.78, 5) is 34.4. The van der Waals surface area contributed by atoms with Gasteiger partial charge in [0.1, 0.15) is 23.2 Å². The van der Waals surface area contributed by atoms with Gasteiger partial charge in [0.15, 0.2) is 0 Å². The number of H-pyrrole nitrogens is 1. The molecule has 2 aromatic heterocycles. The lowest BCUT2D eigenvalue weighted by Crippen LogP contribution is -2.19. The first-order valence-corrected chi connectivity index (χ1v) is 10.1. The number of aromatic nitrogens is 2. The molecule has 4 aromatic rings. The maximum absolute atomic E-state index is 13.0. The summed E-state index contributed by atoms with van der Waals surface area (Å²) in [6.07, 6.45) is 0. The van der Waals surface area contributed by atoms with E-state index in [2.05, 4.69) is 9.97 Å². The van der Waals surface area contributed by atoms with E-state index in [1.54, 1.807) is 0 Å². The fourth-order valence-corrected chi connectivity index (χ4v) is 4.39. The van der Waals surface area contributed by atoms with Crippen LogP contribution in [0.15, 0.2) is 65.5 Å². The number of rotatable bonds is 5. The van der Waals surface area contributed by atoms with Crippen LogP contribution in [0.4, 0.5) is 0 Å². The number of fused-ring (bicyclic) bond motifs is 1. The maximum atomic E-state index is 13.0. The molecule has 146 valence electrons. The average molecular weight is 404 g/mol. The molecule has 29 heavy (non-hydrogen) atoms. The molecule has 0 saturated heterocycles. The zero-order valence-electron chi connectivity index (χ0n) is 16.1. The van der Waals surface area contributed by atoms with Crippen LogP contribution >= 0.6 is 11.3 Å². The van der Waals surface area contributed by atoms with Crippen LogP contribution in [0.5, 0.6) is 0 Å². The highest BCUT2D eigenvalue weighted by molar-refractivity contribution is 7.18. The van der Waals surface area contributed by atoms with Gasteiger partial charge in [-0.2, -0.15) is 0 Å². The highest BCUT2D eigenvalue weighted by Crippen LogP contribution is 2.27. The molecule has 0 bridgehead atoms. The molecule has 4 rings (SSSR count). The Hall–Kier alpha value is -3.25. The number of hydrogen-bond acceptors (Lipinski definition) is 5. The minimum Gasteiger partial charge on any atom is -0.457 e. The first-order chi connectivity index (χ1) is 14.0. The number of carbonyl (C=O) groups excluding carboxylic acids is 1. The lowest BCUT2D eigenvalue weighted by molar-refractivity contribution is -0.146. The van der Waals surface area contributed by atoms with Crippen LogP contribution in [-0.2, 0) is 16.1 Å². The van der Waals surface area contributed by atoms with Crippen molar-refractivity contribution in [2.75, 3.05) is 0 Å². The van der Waals surface area contributed by atoms with Crippen molar-refractivity contribution in [1.82, 2.24) is 9.97 Å². The molecule has 0 aliphatic rings. The SMILES string of the molecule is Cc1sc2nc(COC(=O)C(c3ccccc3)c3ccccc3)[nH]c(=O)c2c1C. The van der Waals surface area contributed by atoms with E-state index in [-0.39, 0.29) is 18.1 Å². The highest BCUT2D eigenvalue weighted by atomic mass is 32.1. The molecule has 2 heterocycles. The van der Waals surface area contributed by atoms with E-state index in [1.807, 2.05) is 74.5 Å². The second kappa shape index (κ2) is 8.01. The Morgan fingerprint density at radius 1 is 1.03 bits per heavy atom. The molecule has 5 nitrogen and oxygen atoms in total. The average Bonchev–Trinajstić information content (AvgIpc) is 3.02. The number of nitrogens with zero attached hydrogens (tertiary/aromatic N) is 1. The van der Waals surface area contributed by atoms with Gasteiger partial charge in [-0.25, -0.2) is 4.98 Å². The first kappa shape index (κ1) is 19.1. The number of ether oxygens (including phenoxy) is 1. The number of nitrogens with one attached hydrogen (secondary N) is 1. The zero-order valence-corrected chi connectivity index (χ0v) is 17.0. The maximum Gasteiger partial charge on any atom is 0.318 e. The van der Waals surface area contributed by atoms with E-state index in [4.69, 9.17) is 4.74 Å². The van der Waals surface area contributed by atoms with E-state index in [0.29, 0.717) is 16.0 Å². The first-order valence-electron chi connectivity index (χ1n) is 9.30. The van der Waals surface area contributed by atoms with Crippen molar-refractivity contribution in [2.45, 2.75) is 26.4 Å². The Morgan fingerprint density at radius 3 is 2.21 bits per heavy atom. The molecule has 0 spiro atoms. The van der Waals surface area contributed by atoms with E-state index >= 15 is 0 Å². The third-order valence-corrected chi connectivity index (χ3v) is 6.04. The van der Waals surface area contributed by atoms with Crippen molar-refractivity contribution >= 4 is 27.5 Å². The van der Waals surface area contributed by atoms with Crippen LogP contribution in [0.2, 0.25) is 0 Å². The number of aromatic amines is 1. The van der Waals surface area contributed by atoms with Crippen molar-refractivity contribution in [3.8, 4) is 0 Å². The third kappa shape index (κ3) is 3.84. The molecule has 6 heteroatoms. The minimum absolute atomic E-state index is 0.0871. The molecule has 0 saturated carbocycles. The predicted octanol–water partition coefficient (Wildman–Crippen LogP) is 4.48. The molecule has 0 unspecified atom stereocenters. The van der Waals surface area contributed by atoms with Gasteiger partial charge in [-0.05, 0) is 30.5 Å². The Labute approximate surface area is 172 Å². The monoisotopic (exact) mass is 404 g/mol. The Kier molecular flexibility index (Phi) is 5.27. The normalized spacial score (nSPS) is 11.1. The smallest absolute Gasteiger partial charge is 0.318 e. The van der Waals surface area contributed by atoms with E-state index in [1.165, 1.54) is 11.3 Å². The van der Waals surface area contributed by atoms with Crippen LogP contribution in [-0.4, -0.2) is 15.9 Å². The lowest BCUT2D eigenvalue weighted by atomic mass is 9.91. The summed E-state index contributed by atoms with van der Waals surface area (Å²) in [7, 11) is 0. The van der Waals surface area contributed by atoms with Crippen LogP contribution in [0, 0.1) is 13.8 Å². The van der Waals surface area contributed by atoms with Crippen molar-refractivity contribution in [3.63, 3.8) is 0 Å². The van der Waals surface area contributed by atoms with Crippen LogP contribution < -0.4 is 5.56 Å². The van der Waals surface area contributed by atoms with Gasteiger partial charge in [-0.1, -0.05) is 60.7 Å². The molecular weight excluding hydrogens is 384 g/mol. The number of carbonyl (C=O) groups is 1. The number of aryl methyl sites for hydroxylation is 2. The molecule has 2 aromatic carbocycles. The number of esters is 1. The summed E-state index contributed by atoms with van der Waals surface area (Å²) < 4.78 is 5.57. The van der Waals surface area contributed by atoms with E-state index < -0.39 is 5.92 Å². The van der Waals surface area contributed by atoms with Gasteiger partial charge < -0.3 is 9.72 Å². The third-order valence-electron chi connectivity index (χ3n) is 4.94. The topological polar surface area (TPSA) is 72.0 Å². The molecule has 0 aliphatic carbocycles. The second-order valence-electron chi connectivity index (χ2n) is 6.84. The zero-order chi connectivity index (χ0) is 20.4. The quantitative estimate of drug-likeness (QED) is 0.498. The molecular formula is C23H20N2O3S. The Bertz CT molecular complexity index is 1170. The predicted molar refractivity (Wildman–Crippen MR) is 114 cm³/mol. The molecule has 1 N–H and O–H groups in total. The molecule has 0 amide bonds. The van der Waals surface area contributed by atoms with Gasteiger partial charge in [0.2, 0.25) is 0 Å². The van der Waals surface area contributed by atoms with Crippen LogP contribution in [0.3, 0.4) is 0 Å². The molecule has 0 aliphatic heterocycles. The van der Waals surface area contributed by atoms with E-state index in [0.717, 1.165) is 21.6 Å². The summed E-state index contributed by atoms with van der Waals surface area (Å²) in [5.74, 6) is -0.584. The minimum atomic E-state index is -0.543. The fourth-order valence-electron chi connectivity index (χ4n) is 3.35. The van der Waals surface area contributed by atoms with Crippen LogP contribution in [0.1, 0.15) is 33.3 Å². The van der Waals surface area contributed by atoms with Crippen molar-refractivity contribution in [3.05, 3.63) is 98.4 Å². The lowest BCUT2D eigenvalue weighted by Gasteiger charge is -2.17. The Balaban J connectivity index is 1.60.